The number of fused-ring (bicyclic) bond motifs is 1. The average molecular weight is 643 g/mol. The molecule has 5 rings (SSSR count). The van der Waals surface area contributed by atoms with E-state index in [0.29, 0.717) is 11.5 Å². The molecule has 1 N–H and O–H groups in total. The fourth-order valence-electron chi connectivity index (χ4n) is 4.69. The lowest BCUT2D eigenvalue weighted by Crippen LogP contribution is -2.78. The minimum Gasteiger partial charge on any atom is -0.484 e. The van der Waals surface area contributed by atoms with Crippen molar-refractivity contribution in [2.24, 2.45) is 0 Å². The van der Waals surface area contributed by atoms with Gasteiger partial charge in [-0.15, -0.1) is 11.8 Å². The lowest BCUT2D eigenvalue weighted by atomic mass is 9.94. The maximum atomic E-state index is 13.8. The van der Waals surface area contributed by atoms with Crippen molar-refractivity contribution < 1.29 is 23.9 Å². The van der Waals surface area contributed by atoms with Gasteiger partial charge in [0.2, 0.25) is 5.91 Å². The fourth-order valence-corrected chi connectivity index (χ4v) is 7.20. The largest absolute Gasteiger partial charge is 0.484 e. The number of β-lactam (4-membered cyclic amide) rings is 1. The van der Waals surface area contributed by atoms with Crippen molar-refractivity contribution in [3.63, 3.8) is 0 Å². The van der Waals surface area contributed by atoms with Crippen LogP contribution in [0.3, 0.4) is 0 Å². The van der Waals surface area contributed by atoms with E-state index in [9.17, 15) is 14.4 Å². The molecule has 2 saturated heterocycles. The van der Waals surface area contributed by atoms with Crippen LogP contribution in [-0.2, 0) is 19.1 Å². The Morgan fingerprint density at radius 1 is 1.00 bits per heavy atom. The topological polar surface area (TPSA) is 84.9 Å². The van der Waals surface area contributed by atoms with Crippen molar-refractivity contribution >= 4 is 52.1 Å². The monoisotopic (exact) mass is 642 g/mol. The number of carbonyl (C=O) groups is 3. The second-order valence-electron chi connectivity index (χ2n) is 9.41. The molecule has 3 aromatic rings. The number of nitrogens with one attached hydrogen (secondary N) is 1. The van der Waals surface area contributed by atoms with Crippen LogP contribution in [-0.4, -0.2) is 55.9 Å². The number of para-hydroxylation sites is 1. The molecular weight excluding hydrogens is 615 g/mol. The molecule has 2 amide bonds. The van der Waals surface area contributed by atoms with E-state index in [1.54, 1.807) is 28.8 Å². The molecule has 38 heavy (non-hydrogen) atoms. The summed E-state index contributed by atoms with van der Waals surface area (Å²) < 4.78 is 11.1. The Morgan fingerprint density at radius 2 is 1.55 bits per heavy atom. The molecule has 2 heterocycles. The molecule has 0 radical (unpaired) electrons. The van der Waals surface area contributed by atoms with Crippen molar-refractivity contribution in [3.05, 3.63) is 102 Å². The van der Waals surface area contributed by atoms with Crippen molar-refractivity contribution in [2.75, 3.05) is 12.4 Å². The zero-order valence-electron chi connectivity index (χ0n) is 20.7. The quantitative estimate of drug-likeness (QED) is 0.170. The molecule has 0 spiro atoms. The van der Waals surface area contributed by atoms with Crippen LogP contribution in [0.2, 0.25) is 0 Å². The van der Waals surface area contributed by atoms with Gasteiger partial charge < -0.3 is 19.7 Å². The summed E-state index contributed by atoms with van der Waals surface area (Å²) in [5, 5.41) is 2.43. The van der Waals surface area contributed by atoms with Gasteiger partial charge in [-0.1, -0.05) is 101 Å². The number of hydrogen-bond acceptors (Lipinski definition) is 6. The van der Waals surface area contributed by atoms with Crippen molar-refractivity contribution in [1.29, 1.82) is 0 Å². The van der Waals surface area contributed by atoms with Gasteiger partial charge in [-0.05, 0) is 30.2 Å². The summed E-state index contributed by atoms with van der Waals surface area (Å²) in [6.07, 6.45) is -0.604. The summed E-state index contributed by atoms with van der Waals surface area (Å²) in [5.41, 5.74) is 1.70. The number of esters is 1. The Labute approximate surface area is 239 Å². The first-order valence-corrected chi connectivity index (χ1v) is 14.4. The lowest BCUT2D eigenvalue weighted by molar-refractivity contribution is -0.169. The number of halogens is 1. The number of benzene rings is 3. The number of alkyl halides is 1. The van der Waals surface area contributed by atoms with Gasteiger partial charge in [0.1, 0.15) is 23.2 Å². The minimum atomic E-state index is -0.787. The molecule has 3 aromatic carbocycles. The van der Waals surface area contributed by atoms with Crippen LogP contribution in [0, 0.1) is 0 Å². The Balaban J connectivity index is 1.30. The van der Waals surface area contributed by atoms with Gasteiger partial charge in [0, 0.05) is 5.75 Å². The van der Waals surface area contributed by atoms with Crippen LogP contribution >= 0.6 is 34.4 Å². The zero-order chi connectivity index (χ0) is 26.7. The van der Waals surface area contributed by atoms with Gasteiger partial charge in [-0.2, -0.15) is 0 Å². The van der Waals surface area contributed by atoms with Crippen LogP contribution in [0.4, 0.5) is 0 Å². The second-order valence-corrected chi connectivity index (χ2v) is 13.0. The predicted molar refractivity (Wildman–Crippen MR) is 154 cm³/mol. The van der Waals surface area contributed by atoms with E-state index in [1.807, 2.05) is 85.8 Å². The van der Waals surface area contributed by atoms with Gasteiger partial charge in [0.15, 0.2) is 12.7 Å². The minimum absolute atomic E-state index is 0.198. The van der Waals surface area contributed by atoms with E-state index in [0.717, 1.165) is 11.1 Å². The summed E-state index contributed by atoms with van der Waals surface area (Å²) in [7, 11) is 0. The Kier molecular flexibility index (Phi) is 7.94. The average Bonchev–Trinajstić information content (AvgIpc) is 2.94. The summed E-state index contributed by atoms with van der Waals surface area (Å²) in [4.78, 5) is 41.1. The highest BCUT2D eigenvalue weighted by molar-refractivity contribution is 14.1. The summed E-state index contributed by atoms with van der Waals surface area (Å²) >= 11 is 3.80. The van der Waals surface area contributed by atoms with Gasteiger partial charge in [-0.3, -0.25) is 9.59 Å². The standard InChI is InChI=1S/C29H27IN2O5S/c1-29(30)18-38-27-23(31-22(33)17-36-21-15-9-4-10-16-21)26(34)32(27)25(29)28(35)37-24(19-11-5-2-6-12-19)20-13-7-3-8-14-20/h2-16,23-25,27H,17-18H2,1H3,(H,31,33)/t23?,25?,27-,29?/m1/s1. The SMILES string of the molecule is CC1(I)CS[C@@H]2C(NC(=O)COc3ccccc3)C(=O)N2C1C(=O)OC(c1ccccc1)c1ccccc1. The molecule has 2 fully saturated rings. The van der Waals surface area contributed by atoms with Gasteiger partial charge >= 0.3 is 5.97 Å². The third-order valence-electron chi connectivity index (χ3n) is 6.56. The molecule has 0 aromatic heterocycles. The highest BCUT2D eigenvalue weighted by Crippen LogP contribution is 2.47. The number of carbonyl (C=O) groups excluding carboxylic acids is 3. The summed E-state index contributed by atoms with van der Waals surface area (Å²) in [6, 6.07) is 26.7. The molecule has 4 atom stereocenters. The number of amides is 2. The first-order chi connectivity index (χ1) is 18.3. The van der Waals surface area contributed by atoms with E-state index in [-0.39, 0.29) is 23.8 Å². The fraction of sp³-hybridized carbons (Fsp3) is 0.276. The van der Waals surface area contributed by atoms with Gasteiger partial charge in [0.25, 0.3) is 5.91 Å². The number of ether oxygens (including phenoxy) is 2. The van der Waals surface area contributed by atoms with Crippen molar-refractivity contribution in [1.82, 2.24) is 10.2 Å². The normalized spacial score (nSPS) is 24.2. The molecule has 7 nitrogen and oxygen atoms in total. The lowest BCUT2D eigenvalue weighted by Gasteiger charge is -2.56. The molecule has 196 valence electrons. The Bertz CT molecular complexity index is 1250. The maximum absolute atomic E-state index is 13.8. The van der Waals surface area contributed by atoms with Crippen LogP contribution in [0.5, 0.6) is 5.75 Å². The summed E-state index contributed by atoms with van der Waals surface area (Å²) in [5.74, 6) is 0.0518. The van der Waals surface area contributed by atoms with Crippen molar-refractivity contribution in [3.8, 4) is 5.75 Å². The summed E-state index contributed by atoms with van der Waals surface area (Å²) in [6.45, 7) is 1.76. The van der Waals surface area contributed by atoms with Crippen LogP contribution in [0.1, 0.15) is 24.2 Å². The molecule has 3 unspecified atom stereocenters. The third kappa shape index (κ3) is 5.54. The number of hydrogen-bond donors (Lipinski definition) is 1. The molecule has 9 heteroatoms. The van der Waals surface area contributed by atoms with Crippen LogP contribution in [0.25, 0.3) is 0 Å². The highest BCUT2D eigenvalue weighted by atomic mass is 127. The highest BCUT2D eigenvalue weighted by Gasteiger charge is 2.61. The number of rotatable bonds is 8. The maximum Gasteiger partial charge on any atom is 0.331 e. The van der Waals surface area contributed by atoms with Crippen molar-refractivity contribution in [2.45, 2.75) is 33.9 Å². The zero-order valence-corrected chi connectivity index (χ0v) is 23.6. The van der Waals surface area contributed by atoms with E-state index < -0.39 is 27.6 Å². The van der Waals surface area contributed by atoms with E-state index in [2.05, 4.69) is 27.9 Å². The number of thioether (sulfide) groups is 1. The number of nitrogens with zero attached hydrogens (tertiary/aromatic N) is 1. The molecule has 0 saturated carbocycles. The molecule has 2 aliphatic rings. The van der Waals surface area contributed by atoms with E-state index in [1.165, 1.54) is 0 Å². The third-order valence-corrected chi connectivity index (χ3v) is 9.65. The van der Waals surface area contributed by atoms with Crippen LogP contribution < -0.4 is 10.1 Å². The van der Waals surface area contributed by atoms with Crippen LogP contribution in [0.15, 0.2) is 91.0 Å². The Morgan fingerprint density at radius 3 is 2.13 bits per heavy atom. The second kappa shape index (κ2) is 11.4. The molecule has 0 aliphatic carbocycles. The molecule has 0 bridgehead atoms. The van der Waals surface area contributed by atoms with E-state index in [4.69, 9.17) is 9.47 Å². The van der Waals surface area contributed by atoms with Gasteiger partial charge in [-0.25, -0.2) is 4.79 Å². The Hall–Kier alpha value is -3.05. The first kappa shape index (κ1) is 26.6. The first-order valence-electron chi connectivity index (χ1n) is 12.3. The predicted octanol–water partition coefficient (Wildman–Crippen LogP) is 4.36. The molecule has 2 aliphatic heterocycles. The van der Waals surface area contributed by atoms with Gasteiger partial charge in [0.05, 0.1) is 3.42 Å². The smallest absolute Gasteiger partial charge is 0.331 e. The molecular formula is C29H27IN2O5S. The van der Waals surface area contributed by atoms with E-state index >= 15 is 0 Å².